The van der Waals surface area contributed by atoms with Crippen LogP contribution in [-0.4, -0.2) is 23.0 Å². The topological polar surface area (TPSA) is 87.8 Å². The second-order valence-corrected chi connectivity index (χ2v) is 2.45. The van der Waals surface area contributed by atoms with Gasteiger partial charge in [0.25, 0.3) is 0 Å². The van der Waals surface area contributed by atoms with Gasteiger partial charge < -0.3 is 10.3 Å². The Labute approximate surface area is 80.0 Å². The third-order valence-corrected chi connectivity index (χ3v) is 1.53. The lowest BCUT2D eigenvalue weighted by atomic mass is 10.2. The molecule has 0 radical (unpaired) electrons. The van der Waals surface area contributed by atoms with Crippen LogP contribution in [0.1, 0.15) is 10.4 Å². The van der Waals surface area contributed by atoms with Crippen molar-refractivity contribution in [1.29, 1.82) is 0 Å². The van der Waals surface area contributed by atoms with Crippen LogP contribution in [0.2, 0.25) is 0 Å². The SMILES string of the molecule is CNN=[N+]([O-])c1ccc(C(=O)O)cc1. The summed E-state index contributed by atoms with van der Waals surface area (Å²) >= 11 is 0. The van der Waals surface area contributed by atoms with E-state index in [9.17, 15) is 10.0 Å². The first-order valence-corrected chi connectivity index (χ1v) is 3.83. The highest BCUT2D eigenvalue weighted by Crippen LogP contribution is 2.12. The Balaban J connectivity index is 2.94. The Bertz CT molecular complexity index is 359. The van der Waals surface area contributed by atoms with Gasteiger partial charge in [0.2, 0.25) is 0 Å². The summed E-state index contributed by atoms with van der Waals surface area (Å²) in [7, 11) is 1.50. The van der Waals surface area contributed by atoms with Crippen LogP contribution in [0.4, 0.5) is 5.69 Å². The standard InChI is InChI=1S/C8H9N3O3/c1-9-10-11(14)7-4-2-6(3-5-7)8(12)13/h2-5,9H,1H3,(H,12,13). The number of carboxylic acid groups (broad SMARTS) is 1. The fraction of sp³-hybridized carbons (Fsp3) is 0.125. The van der Waals surface area contributed by atoms with Crippen molar-refractivity contribution in [2.24, 2.45) is 5.22 Å². The number of carboxylic acids is 1. The summed E-state index contributed by atoms with van der Waals surface area (Å²) in [4.78, 5) is 10.8. The molecule has 0 fully saturated rings. The van der Waals surface area contributed by atoms with Crippen molar-refractivity contribution in [3.8, 4) is 0 Å². The Morgan fingerprint density at radius 2 is 2.07 bits per heavy atom. The van der Waals surface area contributed by atoms with E-state index in [2.05, 4.69) is 10.6 Å². The number of hydrogen-bond donors (Lipinski definition) is 2. The third-order valence-electron chi connectivity index (χ3n) is 1.53. The summed E-state index contributed by atoms with van der Waals surface area (Å²) in [6.45, 7) is 0. The van der Waals surface area contributed by atoms with Crippen molar-refractivity contribution in [2.75, 3.05) is 7.05 Å². The van der Waals surface area contributed by atoms with E-state index >= 15 is 0 Å². The van der Waals surface area contributed by atoms with Gasteiger partial charge in [-0.1, -0.05) is 0 Å². The van der Waals surface area contributed by atoms with E-state index in [0.717, 1.165) is 0 Å². The quantitative estimate of drug-likeness (QED) is 0.429. The number of nitrogens with one attached hydrogen (secondary N) is 1. The molecule has 14 heavy (non-hydrogen) atoms. The molecule has 0 spiro atoms. The van der Waals surface area contributed by atoms with Gasteiger partial charge in [-0.3, -0.25) is 0 Å². The number of rotatable bonds is 3. The summed E-state index contributed by atoms with van der Waals surface area (Å²) < 4.78 is 0. The van der Waals surface area contributed by atoms with Gasteiger partial charge >= 0.3 is 5.97 Å². The molecule has 0 aliphatic heterocycles. The van der Waals surface area contributed by atoms with Gasteiger partial charge in [0.15, 0.2) is 5.69 Å². The van der Waals surface area contributed by atoms with Crippen LogP contribution in [-0.2, 0) is 0 Å². The van der Waals surface area contributed by atoms with Crippen molar-refractivity contribution < 1.29 is 14.8 Å². The van der Waals surface area contributed by atoms with Crippen LogP contribution in [0.15, 0.2) is 29.5 Å². The fourth-order valence-electron chi connectivity index (χ4n) is 0.880. The Kier molecular flexibility index (Phi) is 3.01. The molecule has 0 heterocycles. The van der Waals surface area contributed by atoms with Crippen molar-refractivity contribution in [2.45, 2.75) is 0 Å². The van der Waals surface area contributed by atoms with E-state index in [0.29, 0.717) is 4.86 Å². The Morgan fingerprint density at radius 3 is 2.50 bits per heavy atom. The van der Waals surface area contributed by atoms with E-state index in [4.69, 9.17) is 5.11 Å². The summed E-state index contributed by atoms with van der Waals surface area (Å²) in [6.07, 6.45) is 0. The number of carbonyl (C=O) groups is 1. The Morgan fingerprint density at radius 1 is 1.50 bits per heavy atom. The largest absolute Gasteiger partial charge is 0.691 e. The lowest BCUT2D eigenvalue weighted by Crippen LogP contribution is -2.02. The van der Waals surface area contributed by atoms with E-state index < -0.39 is 5.97 Å². The molecule has 0 aliphatic rings. The van der Waals surface area contributed by atoms with E-state index in [1.807, 2.05) is 0 Å². The highest BCUT2D eigenvalue weighted by molar-refractivity contribution is 5.87. The third kappa shape index (κ3) is 2.19. The molecule has 0 saturated carbocycles. The number of aromatic carboxylic acids is 1. The molecule has 0 bridgehead atoms. The van der Waals surface area contributed by atoms with Gasteiger partial charge in [0.05, 0.1) is 17.8 Å². The lowest BCUT2D eigenvalue weighted by molar-refractivity contribution is -0.447. The van der Waals surface area contributed by atoms with Crippen LogP contribution in [0.5, 0.6) is 0 Å². The van der Waals surface area contributed by atoms with Crippen molar-refractivity contribution in [1.82, 2.24) is 5.43 Å². The first-order valence-electron chi connectivity index (χ1n) is 3.83. The summed E-state index contributed by atoms with van der Waals surface area (Å²) in [5.41, 5.74) is 2.72. The highest BCUT2D eigenvalue weighted by Gasteiger charge is 2.03. The number of nitrogens with zero attached hydrogens (tertiary/aromatic N) is 2. The zero-order chi connectivity index (χ0) is 10.6. The molecule has 0 saturated heterocycles. The molecule has 0 unspecified atom stereocenters. The molecule has 6 nitrogen and oxygen atoms in total. The lowest BCUT2D eigenvalue weighted by Gasteiger charge is -2.04. The number of benzene rings is 1. The predicted octanol–water partition coefficient (Wildman–Crippen LogP) is 1.11. The van der Waals surface area contributed by atoms with Crippen LogP contribution in [0.3, 0.4) is 0 Å². The van der Waals surface area contributed by atoms with Gasteiger partial charge in [-0.2, -0.15) is 5.43 Å². The monoisotopic (exact) mass is 195 g/mol. The van der Waals surface area contributed by atoms with Gasteiger partial charge in [0, 0.05) is 0 Å². The van der Waals surface area contributed by atoms with Crippen molar-refractivity contribution in [3.05, 3.63) is 35.0 Å². The zero-order valence-corrected chi connectivity index (χ0v) is 7.47. The molecule has 0 amide bonds. The second kappa shape index (κ2) is 4.22. The summed E-state index contributed by atoms with van der Waals surface area (Å²) in [6, 6.07) is 5.45. The highest BCUT2D eigenvalue weighted by atomic mass is 16.5. The average Bonchev–Trinajstić information content (AvgIpc) is 2.18. The maximum Gasteiger partial charge on any atom is 0.335 e. The molecule has 0 aliphatic carbocycles. The van der Waals surface area contributed by atoms with Crippen LogP contribution >= 0.6 is 0 Å². The first kappa shape index (κ1) is 9.97. The molecule has 0 aromatic heterocycles. The molecule has 74 valence electrons. The molecule has 2 N–H and O–H groups in total. The smallest absolute Gasteiger partial charge is 0.335 e. The van der Waals surface area contributed by atoms with Gasteiger partial charge in [-0.25, -0.2) is 4.79 Å². The van der Waals surface area contributed by atoms with E-state index in [1.165, 1.54) is 31.3 Å². The van der Waals surface area contributed by atoms with Crippen LogP contribution < -0.4 is 5.43 Å². The molecule has 1 aromatic rings. The maximum absolute atomic E-state index is 11.1. The van der Waals surface area contributed by atoms with E-state index in [-0.39, 0.29) is 11.3 Å². The molecular weight excluding hydrogens is 186 g/mol. The minimum Gasteiger partial charge on any atom is -0.691 e. The fourth-order valence-corrected chi connectivity index (χ4v) is 0.880. The van der Waals surface area contributed by atoms with Gasteiger partial charge in [-0.15, -0.1) is 4.86 Å². The van der Waals surface area contributed by atoms with Gasteiger partial charge in [0.1, 0.15) is 0 Å². The zero-order valence-electron chi connectivity index (χ0n) is 7.47. The average molecular weight is 195 g/mol. The van der Waals surface area contributed by atoms with E-state index in [1.54, 1.807) is 0 Å². The minimum atomic E-state index is -1.03. The second-order valence-electron chi connectivity index (χ2n) is 2.45. The predicted molar refractivity (Wildman–Crippen MR) is 48.2 cm³/mol. The molecule has 6 heteroatoms. The van der Waals surface area contributed by atoms with Crippen LogP contribution in [0, 0.1) is 5.21 Å². The molecule has 1 aromatic carbocycles. The van der Waals surface area contributed by atoms with Crippen LogP contribution in [0.25, 0.3) is 0 Å². The Hall–Kier alpha value is -2.11. The summed E-state index contributed by atoms with van der Waals surface area (Å²) in [5.74, 6) is -1.03. The number of hydrogen-bond acceptors (Lipinski definition) is 3. The summed E-state index contributed by atoms with van der Waals surface area (Å²) in [5, 5.41) is 23.0. The minimum absolute atomic E-state index is 0.131. The first-order chi connectivity index (χ1) is 6.65. The van der Waals surface area contributed by atoms with Gasteiger partial charge in [-0.05, 0) is 24.3 Å². The van der Waals surface area contributed by atoms with Crippen molar-refractivity contribution >= 4 is 11.7 Å². The molecule has 0 atom stereocenters. The van der Waals surface area contributed by atoms with Crippen molar-refractivity contribution in [3.63, 3.8) is 0 Å². The molecule has 1 rings (SSSR count). The maximum atomic E-state index is 11.1. The molecular formula is C8H9N3O3. The normalized spacial score (nSPS) is 11.1.